The van der Waals surface area contributed by atoms with Crippen LogP contribution in [0.15, 0.2) is 6.33 Å². The van der Waals surface area contributed by atoms with Crippen LogP contribution < -0.4 is 0 Å². The molecule has 3 rings (SSSR count). The molecule has 0 amide bonds. The first-order chi connectivity index (χ1) is 12.3. The second kappa shape index (κ2) is 7.61. The summed E-state index contributed by atoms with van der Waals surface area (Å²) < 4.78 is 18.9. The first-order valence-corrected chi connectivity index (χ1v) is 9.33. The number of ether oxygens (including phenoxy) is 3. The lowest BCUT2D eigenvalue weighted by Gasteiger charge is -2.23. The summed E-state index contributed by atoms with van der Waals surface area (Å²) in [6, 6.07) is 0. The number of esters is 2. The van der Waals surface area contributed by atoms with Gasteiger partial charge in [-0.15, -0.1) is 0 Å². The highest BCUT2D eigenvalue weighted by Gasteiger charge is 2.49. The lowest BCUT2D eigenvalue weighted by Crippen LogP contribution is -2.38. The topological polar surface area (TPSA) is 105 Å². The molecule has 2 aromatic rings. The SMILES string of the molecule is CCC1OC(n2cnc3c(Cl)nc(I)nc32)C(OC(C)=O)C1OC(C)=O. The summed E-state index contributed by atoms with van der Waals surface area (Å²) in [5.74, 6) is -0.991. The number of nitrogens with zero attached hydrogens (tertiary/aromatic N) is 4. The molecule has 4 atom stereocenters. The van der Waals surface area contributed by atoms with Gasteiger partial charge in [-0.2, -0.15) is 0 Å². The molecule has 26 heavy (non-hydrogen) atoms. The molecule has 1 aliphatic heterocycles. The van der Waals surface area contributed by atoms with Gasteiger partial charge in [0, 0.05) is 36.4 Å². The zero-order valence-electron chi connectivity index (χ0n) is 14.2. The zero-order chi connectivity index (χ0) is 19.0. The van der Waals surface area contributed by atoms with Crippen LogP contribution in [0.4, 0.5) is 0 Å². The Balaban J connectivity index is 2.07. The number of hydrogen-bond donors (Lipinski definition) is 0. The molecule has 4 unspecified atom stereocenters. The molecule has 1 saturated heterocycles. The third-order valence-electron chi connectivity index (χ3n) is 3.92. The fourth-order valence-electron chi connectivity index (χ4n) is 2.96. The van der Waals surface area contributed by atoms with Crippen LogP contribution in [-0.4, -0.2) is 49.8 Å². The van der Waals surface area contributed by atoms with Gasteiger partial charge in [-0.25, -0.2) is 15.0 Å². The lowest BCUT2D eigenvalue weighted by molar-refractivity contribution is -0.165. The van der Waals surface area contributed by atoms with E-state index in [0.29, 0.717) is 21.4 Å². The summed E-state index contributed by atoms with van der Waals surface area (Å²) in [6.07, 6.45) is -0.732. The molecule has 1 aliphatic rings. The standard InChI is InChI=1S/C15H16ClIN4O5/c1-4-8-10(24-6(2)22)11(25-7(3)23)14(26-8)21-5-18-9-12(16)19-15(17)20-13(9)21/h5,8,10-11,14H,4H2,1-3H3. The number of imidazole rings is 1. The molecule has 3 heterocycles. The summed E-state index contributed by atoms with van der Waals surface area (Å²) in [7, 11) is 0. The lowest BCUT2D eigenvalue weighted by atomic mass is 10.1. The monoisotopic (exact) mass is 494 g/mol. The highest BCUT2D eigenvalue weighted by Crippen LogP contribution is 2.37. The summed E-state index contributed by atoms with van der Waals surface area (Å²) in [6.45, 7) is 4.48. The first kappa shape index (κ1) is 19.2. The van der Waals surface area contributed by atoms with Gasteiger partial charge in [-0.05, 0) is 6.42 Å². The average Bonchev–Trinajstić information content (AvgIpc) is 3.09. The second-order valence-corrected chi connectivity index (χ2v) is 7.05. The number of rotatable bonds is 4. The molecule has 140 valence electrons. The molecule has 2 aromatic heterocycles. The number of halogens is 2. The van der Waals surface area contributed by atoms with Crippen molar-refractivity contribution in [2.75, 3.05) is 0 Å². The van der Waals surface area contributed by atoms with Crippen molar-refractivity contribution in [3.63, 3.8) is 0 Å². The predicted molar refractivity (Wildman–Crippen MR) is 98.4 cm³/mol. The van der Waals surface area contributed by atoms with Gasteiger partial charge in [0.2, 0.25) is 0 Å². The van der Waals surface area contributed by atoms with Gasteiger partial charge < -0.3 is 14.2 Å². The van der Waals surface area contributed by atoms with E-state index in [0.717, 1.165) is 0 Å². The minimum Gasteiger partial charge on any atom is -0.456 e. The second-order valence-electron chi connectivity index (χ2n) is 5.73. The third-order valence-corrected chi connectivity index (χ3v) is 4.66. The molecule has 0 N–H and O–H groups in total. The molecule has 0 aliphatic carbocycles. The van der Waals surface area contributed by atoms with E-state index in [1.807, 2.05) is 29.5 Å². The van der Waals surface area contributed by atoms with E-state index >= 15 is 0 Å². The Kier molecular flexibility index (Phi) is 5.63. The summed E-state index contributed by atoms with van der Waals surface area (Å²) >= 11 is 8.07. The molecular formula is C15H16ClIN4O5. The molecule has 0 aromatic carbocycles. The van der Waals surface area contributed by atoms with Crippen molar-refractivity contribution in [2.24, 2.45) is 0 Å². The summed E-state index contributed by atoms with van der Waals surface area (Å²) in [4.78, 5) is 35.8. The fraction of sp³-hybridized carbons (Fsp3) is 0.533. The third kappa shape index (κ3) is 3.62. The number of aromatic nitrogens is 4. The van der Waals surface area contributed by atoms with E-state index in [1.165, 1.54) is 20.2 Å². The summed E-state index contributed by atoms with van der Waals surface area (Å²) in [5, 5.41) is 0.212. The molecular weight excluding hydrogens is 479 g/mol. The van der Waals surface area contributed by atoms with Crippen LogP contribution >= 0.6 is 34.2 Å². The minimum atomic E-state index is -0.842. The Hall–Kier alpha value is -1.53. The number of carbonyl (C=O) groups excluding carboxylic acids is 2. The van der Waals surface area contributed by atoms with E-state index in [1.54, 1.807) is 4.57 Å². The smallest absolute Gasteiger partial charge is 0.303 e. The number of hydrogen-bond acceptors (Lipinski definition) is 8. The van der Waals surface area contributed by atoms with Crippen molar-refractivity contribution >= 4 is 57.3 Å². The minimum absolute atomic E-state index is 0.212. The van der Waals surface area contributed by atoms with E-state index in [-0.39, 0.29) is 5.15 Å². The van der Waals surface area contributed by atoms with Crippen LogP contribution in [0.2, 0.25) is 5.15 Å². The van der Waals surface area contributed by atoms with E-state index in [4.69, 9.17) is 25.8 Å². The quantitative estimate of drug-likeness (QED) is 0.276. The fourth-order valence-corrected chi connectivity index (χ4v) is 3.78. The molecule has 0 spiro atoms. The van der Waals surface area contributed by atoms with Crippen molar-refractivity contribution in [3.8, 4) is 0 Å². The van der Waals surface area contributed by atoms with Crippen LogP contribution in [0.5, 0.6) is 0 Å². The Morgan fingerprint density at radius 1 is 1.27 bits per heavy atom. The normalized spacial score (nSPS) is 25.4. The van der Waals surface area contributed by atoms with Crippen LogP contribution in [0, 0.1) is 3.83 Å². The largest absolute Gasteiger partial charge is 0.456 e. The van der Waals surface area contributed by atoms with Gasteiger partial charge in [-0.1, -0.05) is 18.5 Å². The van der Waals surface area contributed by atoms with E-state index in [9.17, 15) is 9.59 Å². The van der Waals surface area contributed by atoms with E-state index in [2.05, 4.69) is 15.0 Å². The molecule has 1 fully saturated rings. The molecule has 0 radical (unpaired) electrons. The van der Waals surface area contributed by atoms with Gasteiger partial charge in [0.05, 0.1) is 6.33 Å². The van der Waals surface area contributed by atoms with Gasteiger partial charge in [0.1, 0.15) is 11.6 Å². The zero-order valence-corrected chi connectivity index (χ0v) is 17.1. The van der Waals surface area contributed by atoms with Crippen molar-refractivity contribution in [2.45, 2.75) is 51.7 Å². The molecule has 0 bridgehead atoms. The Morgan fingerprint density at radius 2 is 1.92 bits per heavy atom. The molecule has 0 saturated carbocycles. The van der Waals surface area contributed by atoms with Crippen molar-refractivity contribution in [1.82, 2.24) is 19.5 Å². The first-order valence-electron chi connectivity index (χ1n) is 7.87. The predicted octanol–water partition coefficient (Wildman–Crippen LogP) is 2.26. The van der Waals surface area contributed by atoms with Crippen molar-refractivity contribution < 1.29 is 23.8 Å². The van der Waals surface area contributed by atoms with Crippen LogP contribution in [0.25, 0.3) is 11.2 Å². The average molecular weight is 495 g/mol. The van der Waals surface area contributed by atoms with Gasteiger partial charge in [0.25, 0.3) is 0 Å². The highest BCUT2D eigenvalue weighted by atomic mass is 127. The number of carbonyl (C=O) groups is 2. The number of fused-ring (bicyclic) bond motifs is 1. The van der Waals surface area contributed by atoms with Crippen molar-refractivity contribution in [3.05, 3.63) is 15.3 Å². The maximum Gasteiger partial charge on any atom is 0.303 e. The van der Waals surface area contributed by atoms with Gasteiger partial charge in [-0.3, -0.25) is 14.2 Å². The van der Waals surface area contributed by atoms with Crippen LogP contribution in [-0.2, 0) is 23.8 Å². The van der Waals surface area contributed by atoms with Crippen LogP contribution in [0.1, 0.15) is 33.4 Å². The Morgan fingerprint density at radius 3 is 2.54 bits per heavy atom. The van der Waals surface area contributed by atoms with Crippen molar-refractivity contribution in [1.29, 1.82) is 0 Å². The van der Waals surface area contributed by atoms with Crippen LogP contribution in [0.3, 0.4) is 0 Å². The van der Waals surface area contributed by atoms with Gasteiger partial charge in [0.15, 0.2) is 33.1 Å². The highest BCUT2D eigenvalue weighted by molar-refractivity contribution is 14.1. The van der Waals surface area contributed by atoms with E-state index < -0.39 is 36.5 Å². The summed E-state index contributed by atoms with van der Waals surface area (Å²) in [5.41, 5.74) is 0.844. The maximum absolute atomic E-state index is 11.6. The molecule has 11 heteroatoms. The van der Waals surface area contributed by atoms with Gasteiger partial charge >= 0.3 is 11.9 Å². The Labute approximate surface area is 167 Å². The Bertz CT molecular complexity index is 860. The maximum atomic E-state index is 11.6. The molecule has 9 nitrogen and oxygen atoms in total.